The van der Waals surface area contributed by atoms with Crippen LogP contribution in [0.5, 0.6) is 0 Å². The van der Waals surface area contributed by atoms with Crippen LogP contribution in [0.25, 0.3) is 0 Å². The Kier molecular flexibility index (Phi) is 5.14. The molecular formula is C12H19N3O3S2. The van der Waals surface area contributed by atoms with E-state index in [0.717, 1.165) is 24.4 Å². The Labute approximate surface area is 123 Å². The molecule has 8 heteroatoms. The maximum Gasteiger partial charge on any atom is 0.250 e. The number of hydrogen-bond acceptors (Lipinski definition) is 5. The molecule has 2 rings (SSSR count). The SMILES string of the molecule is CCc1ccc(S(=O)(=O)NCC(=O)N2CCNCC2)s1. The number of nitrogens with one attached hydrogen (secondary N) is 2. The fourth-order valence-corrected chi connectivity index (χ4v) is 4.26. The highest BCUT2D eigenvalue weighted by Gasteiger charge is 2.21. The summed E-state index contributed by atoms with van der Waals surface area (Å²) in [6.07, 6.45) is 0.805. The Bertz CT molecular complexity index is 562. The van der Waals surface area contributed by atoms with Crippen LogP contribution in [0.3, 0.4) is 0 Å². The van der Waals surface area contributed by atoms with Gasteiger partial charge in [-0.25, -0.2) is 13.1 Å². The molecule has 20 heavy (non-hydrogen) atoms. The summed E-state index contributed by atoms with van der Waals surface area (Å²) < 4.78 is 26.8. The first kappa shape index (κ1) is 15.4. The highest BCUT2D eigenvalue weighted by atomic mass is 32.2. The van der Waals surface area contributed by atoms with Crippen LogP contribution in [-0.2, 0) is 21.2 Å². The summed E-state index contributed by atoms with van der Waals surface area (Å²) in [5, 5.41) is 3.15. The second-order valence-corrected chi connectivity index (χ2v) is 7.69. The van der Waals surface area contributed by atoms with Crippen LogP contribution in [0.1, 0.15) is 11.8 Å². The van der Waals surface area contributed by atoms with Crippen molar-refractivity contribution >= 4 is 27.3 Å². The van der Waals surface area contributed by atoms with E-state index < -0.39 is 10.0 Å². The standard InChI is InChI=1S/C12H19N3O3S2/c1-2-10-3-4-12(19-10)20(17,18)14-9-11(16)15-7-5-13-6-8-15/h3-4,13-14H,2,5-9H2,1H3. The average Bonchev–Trinajstić information content (AvgIpc) is 2.95. The molecular weight excluding hydrogens is 298 g/mol. The van der Waals surface area contributed by atoms with Gasteiger partial charge < -0.3 is 10.2 Å². The molecule has 0 spiro atoms. The first-order valence-corrected chi connectivity index (χ1v) is 8.90. The third kappa shape index (κ3) is 3.78. The first-order chi connectivity index (χ1) is 9.53. The van der Waals surface area contributed by atoms with Gasteiger partial charge in [-0.1, -0.05) is 6.92 Å². The molecule has 0 unspecified atom stereocenters. The van der Waals surface area contributed by atoms with E-state index in [0.29, 0.717) is 13.1 Å². The van der Waals surface area contributed by atoms with Gasteiger partial charge in [-0.3, -0.25) is 4.79 Å². The van der Waals surface area contributed by atoms with Crippen LogP contribution in [0.15, 0.2) is 16.3 Å². The van der Waals surface area contributed by atoms with Gasteiger partial charge in [0.05, 0.1) is 6.54 Å². The van der Waals surface area contributed by atoms with E-state index in [9.17, 15) is 13.2 Å². The minimum atomic E-state index is -3.58. The van der Waals surface area contributed by atoms with Gasteiger partial charge in [-0.05, 0) is 18.6 Å². The average molecular weight is 317 g/mol. The van der Waals surface area contributed by atoms with Crippen molar-refractivity contribution in [1.82, 2.24) is 14.9 Å². The van der Waals surface area contributed by atoms with Crippen molar-refractivity contribution in [2.45, 2.75) is 17.6 Å². The molecule has 1 fully saturated rings. The van der Waals surface area contributed by atoms with Gasteiger partial charge in [0.1, 0.15) is 4.21 Å². The van der Waals surface area contributed by atoms with Gasteiger partial charge in [-0.2, -0.15) is 0 Å². The molecule has 112 valence electrons. The van der Waals surface area contributed by atoms with Gasteiger partial charge >= 0.3 is 0 Å². The zero-order valence-electron chi connectivity index (χ0n) is 11.4. The third-order valence-electron chi connectivity index (χ3n) is 3.13. The zero-order chi connectivity index (χ0) is 14.6. The molecule has 0 radical (unpaired) electrons. The van der Waals surface area contributed by atoms with E-state index in [1.807, 2.05) is 6.92 Å². The second kappa shape index (κ2) is 6.66. The lowest BCUT2D eigenvalue weighted by molar-refractivity contribution is -0.130. The van der Waals surface area contributed by atoms with Gasteiger partial charge in [0, 0.05) is 31.1 Å². The molecule has 0 aliphatic carbocycles. The quantitative estimate of drug-likeness (QED) is 0.802. The lowest BCUT2D eigenvalue weighted by Crippen LogP contribution is -2.49. The number of sulfonamides is 1. The molecule has 0 aromatic carbocycles. The van der Waals surface area contributed by atoms with Crippen molar-refractivity contribution in [3.63, 3.8) is 0 Å². The summed E-state index contributed by atoms with van der Waals surface area (Å²) in [4.78, 5) is 14.6. The molecule has 1 aliphatic heterocycles. The van der Waals surface area contributed by atoms with E-state index in [-0.39, 0.29) is 16.7 Å². The van der Waals surface area contributed by atoms with E-state index >= 15 is 0 Å². The summed E-state index contributed by atoms with van der Waals surface area (Å²) in [6.45, 7) is 4.55. The number of piperazine rings is 1. The van der Waals surface area contributed by atoms with Crippen LogP contribution in [-0.4, -0.2) is 51.9 Å². The van der Waals surface area contributed by atoms with Crippen LogP contribution in [0.2, 0.25) is 0 Å². The van der Waals surface area contributed by atoms with E-state index in [1.165, 1.54) is 11.3 Å². The van der Waals surface area contributed by atoms with Crippen molar-refractivity contribution in [2.75, 3.05) is 32.7 Å². The largest absolute Gasteiger partial charge is 0.339 e. The molecule has 6 nitrogen and oxygen atoms in total. The molecule has 0 saturated carbocycles. The maximum atomic E-state index is 12.1. The van der Waals surface area contributed by atoms with Crippen LogP contribution >= 0.6 is 11.3 Å². The van der Waals surface area contributed by atoms with E-state index in [4.69, 9.17) is 0 Å². The number of rotatable bonds is 5. The summed E-state index contributed by atoms with van der Waals surface area (Å²) in [5.74, 6) is -0.178. The van der Waals surface area contributed by atoms with Crippen LogP contribution in [0.4, 0.5) is 0 Å². The predicted octanol–water partition coefficient (Wildman–Crippen LogP) is 0.0206. The second-order valence-electron chi connectivity index (χ2n) is 4.53. The van der Waals surface area contributed by atoms with E-state index in [1.54, 1.807) is 17.0 Å². The van der Waals surface area contributed by atoms with Crippen LogP contribution in [0, 0.1) is 0 Å². The van der Waals surface area contributed by atoms with Crippen LogP contribution < -0.4 is 10.0 Å². The lowest BCUT2D eigenvalue weighted by Gasteiger charge is -2.27. The first-order valence-electron chi connectivity index (χ1n) is 6.60. The molecule has 1 aromatic heterocycles. The number of thiophene rings is 1. The Morgan fingerprint density at radius 3 is 2.70 bits per heavy atom. The van der Waals surface area contributed by atoms with Crippen molar-refractivity contribution in [3.05, 3.63) is 17.0 Å². The minimum absolute atomic E-state index is 0.178. The molecule has 1 aromatic rings. The van der Waals surface area contributed by atoms with Crippen molar-refractivity contribution in [3.8, 4) is 0 Å². The van der Waals surface area contributed by atoms with Crippen molar-refractivity contribution in [2.24, 2.45) is 0 Å². The number of hydrogen-bond donors (Lipinski definition) is 2. The Balaban J connectivity index is 1.93. The summed E-state index contributed by atoms with van der Waals surface area (Å²) >= 11 is 1.24. The van der Waals surface area contributed by atoms with E-state index in [2.05, 4.69) is 10.0 Å². The highest BCUT2D eigenvalue weighted by Crippen LogP contribution is 2.21. The Morgan fingerprint density at radius 2 is 2.10 bits per heavy atom. The highest BCUT2D eigenvalue weighted by molar-refractivity contribution is 7.91. The monoisotopic (exact) mass is 317 g/mol. The van der Waals surface area contributed by atoms with Crippen molar-refractivity contribution < 1.29 is 13.2 Å². The van der Waals surface area contributed by atoms with Crippen molar-refractivity contribution in [1.29, 1.82) is 0 Å². The fourth-order valence-electron chi connectivity index (χ4n) is 1.95. The third-order valence-corrected chi connectivity index (χ3v) is 6.26. The normalized spacial score (nSPS) is 16.4. The molecule has 0 atom stereocenters. The fraction of sp³-hybridized carbons (Fsp3) is 0.583. The number of nitrogens with zero attached hydrogens (tertiary/aromatic N) is 1. The maximum absolute atomic E-state index is 12.1. The number of aryl methyl sites for hydroxylation is 1. The molecule has 1 aliphatic rings. The predicted molar refractivity (Wildman–Crippen MR) is 78.3 cm³/mol. The molecule has 2 N–H and O–H groups in total. The van der Waals surface area contributed by atoms with Gasteiger partial charge in [-0.15, -0.1) is 11.3 Å². The van der Waals surface area contributed by atoms with Gasteiger partial charge in [0.25, 0.3) is 10.0 Å². The summed E-state index contributed by atoms with van der Waals surface area (Å²) in [7, 11) is -3.58. The topological polar surface area (TPSA) is 78.5 Å². The smallest absolute Gasteiger partial charge is 0.250 e. The summed E-state index contributed by atoms with van der Waals surface area (Å²) in [6, 6.07) is 3.39. The zero-order valence-corrected chi connectivity index (χ0v) is 13.0. The molecule has 0 bridgehead atoms. The number of carbonyl (C=O) groups is 1. The molecule has 2 heterocycles. The Morgan fingerprint density at radius 1 is 1.40 bits per heavy atom. The molecule has 1 saturated heterocycles. The summed E-state index contributed by atoms with van der Waals surface area (Å²) in [5.41, 5.74) is 0. The lowest BCUT2D eigenvalue weighted by atomic mass is 10.3. The van der Waals surface area contributed by atoms with Gasteiger partial charge in [0.15, 0.2) is 0 Å². The van der Waals surface area contributed by atoms with Gasteiger partial charge in [0.2, 0.25) is 5.91 Å². The number of amides is 1. The number of carbonyl (C=O) groups excluding carboxylic acids is 1. The molecule has 1 amide bonds. The minimum Gasteiger partial charge on any atom is -0.339 e. The Hall–Kier alpha value is -0.960.